The number of tetrazole rings is 1. The molecule has 3 heterocycles. The maximum Gasteiger partial charge on any atom is 0.225 e. The van der Waals surface area contributed by atoms with E-state index in [-0.39, 0.29) is 6.61 Å². The summed E-state index contributed by atoms with van der Waals surface area (Å²) in [6.45, 7) is -0.142. The lowest BCUT2D eigenvalue weighted by molar-refractivity contribution is 0.280. The highest BCUT2D eigenvalue weighted by Crippen LogP contribution is 2.43. The molecule has 0 bridgehead atoms. The molecule has 0 aliphatic heterocycles. The predicted molar refractivity (Wildman–Crippen MR) is 98.1 cm³/mol. The fraction of sp³-hybridized carbons (Fsp3) is 0.444. The van der Waals surface area contributed by atoms with Crippen molar-refractivity contribution in [1.29, 1.82) is 0 Å². The highest BCUT2D eigenvalue weighted by Gasteiger charge is 2.26. The summed E-state index contributed by atoms with van der Waals surface area (Å²) < 4.78 is 18.4. The van der Waals surface area contributed by atoms with Gasteiger partial charge in [0.05, 0.1) is 18.8 Å². The van der Waals surface area contributed by atoms with Gasteiger partial charge in [0.15, 0.2) is 0 Å². The number of rotatable bonds is 6. The smallest absolute Gasteiger partial charge is 0.225 e. The molecule has 0 amide bonds. The molecule has 1 N–H and O–H groups in total. The maximum absolute atomic E-state index is 12.6. The van der Waals surface area contributed by atoms with Crippen LogP contribution in [-0.4, -0.2) is 38.9 Å². The molecular formula is C18H20FN5OS. The Hall–Kier alpha value is -2.35. The number of halogens is 1. The van der Waals surface area contributed by atoms with Crippen LogP contribution in [0.2, 0.25) is 0 Å². The van der Waals surface area contributed by atoms with Gasteiger partial charge < -0.3 is 4.74 Å². The average molecular weight is 373 g/mol. The zero-order valence-corrected chi connectivity index (χ0v) is 15.2. The fourth-order valence-electron chi connectivity index (χ4n) is 3.39. The number of ether oxygens (including phenoxy) is 1. The molecule has 0 fully saturated rings. The number of aromatic amines is 1. The molecule has 3 aromatic rings. The number of nitrogens with zero attached hydrogens (tertiary/aromatic N) is 4. The quantitative estimate of drug-likeness (QED) is 0.522. The number of aryl methyl sites for hydroxylation is 1. The van der Waals surface area contributed by atoms with Crippen LogP contribution in [0.3, 0.4) is 0 Å². The number of H-pyrrole nitrogens is 1. The molecule has 0 saturated carbocycles. The first kappa shape index (κ1) is 17.1. The lowest BCUT2D eigenvalue weighted by atomic mass is 9.95. The predicted octanol–water partition coefficient (Wildman–Crippen LogP) is 4.00. The van der Waals surface area contributed by atoms with Gasteiger partial charge in [-0.05, 0) is 47.9 Å². The molecule has 1 aliphatic carbocycles. The Morgan fingerprint density at radius 3 is 2.88 bits per heavy atom. The topological polar surface area (TPSA) is 76.6 Å². The standard InChI is InChI=1S/C18H20FN5OS/c19-9-5-10-25-18-16(17-21-23-24-22-17)15(14-8-4-11-26-14)12-6-2-1-3-7-13(12)20-18/h4,8,11H,1-3,5-7,9-10H2,(H,21,22,23,24). The average Bonchev–Trinajstić information content (AvgIpc) is 3.32. The Bertz CT molecular complexity index is 851. The maximum atomic E-state index is 12.6. The van der Waals surface area contributed by atoms with E-state index in [1.54, 1.807) is 11.3 Å². The molecule has 26 heavy (non-hydrogen) atoms. The van der Waals surface area contributed by atoms with Crippen LogP contribution in [0.1, 0.15) is 36.9 Å². The summed E-state index contributed by atoms with van der Waals surface area (Å²) in [5.41, 5.74) is 4.17. The third-order valence-corrected chi connectivity index (χ3v) is 5.43. The van der Waals surface area contributed by atoms with Gasteiger partial charge in [-0.15, -0.1) is 21.5 Å². The van der Waals surface area contributed by atoms with Gasteiger partial charge in [-0.2, -0.15) is 5.21 Å². The first-order valence-electron chi connectivity index (χ1n) is 8.90. The van der Waals surface area contributed by atoms with Gasteiger partial charge in [0.25, 0.3) is 0 Å². The van der Waals surface area contributed by atoms with E-state index in [1.165, 1.54) is 12.0 Å². The van der Waals surface area contributed by atoms with Gasteiger partial charge in [-0.3, -0.25) is 4.39 Å². The SMILES string of the molecule is FCCCOc1nc2c(c(-c3cccs3)c1-c1nn[nH]n1)CCCCC2. The number of alkyl halides is 1. The number of pyridine rings is 1. The van der Waals surface area contributed by atoms with Crippen LogP contribution in [0.4, 0.5) is 4.39 Å². The first-order chi connectivity index (χ1) is 12.9. The van der Waals surface area contributed by atoms with Crippen molar-refractivity contribution in [2.75, 3.05) is 13.3 Å². The van der Waals surface area contributed by atoms with Crippen molar-refractivity contribution in [2.24, 2.45) is 0 Å². The molecule has 1 aliphatic rings. The van der Waals surface area contributed by atoms with Crippen LogP contribution < -0.4 is 4.74 Å². The molecule has 0 aromatic carbocycles. The second-order valence-electron chi connectivity index (χ2n) is 6.26. The van der Waals surface area contributed by atoms with Crippen molar-refractivity contribution >= 4 is 11.3 Å². The van der Waals surface area contributed by atoms with Crippen molar-refractivity contribution in [1.82, 2.24) is 25.6 Å². The normalized spacial score (nSPS) is 14.0. The Labute approximate surface area is 154 Å². The van der Waals surface area contributed by atoms with Gasteiger partial charge in [0.1, 0.15) is 0 Å². The molecule has 0 unspecified atom stereocenters. The van der Waals surface area contributed by atoms with E-state index in [9.17, 15) is 4.39 Å². The number of hydrogen-bond acceptors (Lipinski definition) is 6. The summed E-state index contributed by atoms with van der Waals surface area (Å²) in [5, 5.41) is 16.7. The molecule has 136 valence electrons. The molecule has 6 nitrogen and oxygen atoms in total. The molecule has 0 atom stereocenters. The van der Waals surface area contributed by atoms with E-state index in [2.05, 4.69) is 32.1 Å². The first-order valence-corrected chi connectivity index (χ1v) is 9.78. The number of hydrogen-bond donors (Lipinski definition) is 1. The summed E-state index contributed by atoms with van der Waals surface area (Å²) in [6.07, 6.45) is 5.69. The minimum absolute atomic E-state index is 0.275. The van der Waals surface area contributed by atoms with E-state index >= 15 is 0 Å². The van der Waals surface area contributed by atoms with E-state index < -0.39 is 6.67 Å². The van der Waals surface area contributed by atoms with E-state index in [0.717, 1.165) is 47.4 Å². The van der Waals surface area contributed by atoms with E-state index in [1.807, 2.05) is 6.07 Å². The largest absolute Gasteiger partial charge is 0.477 e. The molecule has 0 radical (unpaired) electrons. The minimum atomic E-state index is -0.416. The number of nitrogens with one attached hydrogen (secondary N) is 1. The molecule has 3 aromatic heterocycles. The van der Waals surface area contributed by atoms with Gasteiger partial charge >= 0.3 is 0 Å². The Balaban J connectivity index is 1.93. The van der Waals surface area contributed by atoms with E-state index in [0.29, 0.717) is 18.1 Å². The summed E-state index contributed by atoms with van der Waals surface area (Å²) in [7, 11) is 0. The summed E-state index contributed by atoms with van der Waals surface area (Å²) in [4.78, 5) is 5.95. The van der Waals surface area contributed by atoms with Crippen LogP contribution in [-0.2, 0) is 12.8 Å². The zero-order valence-electron chi connectivity index (χ0n) is 14.4. The van der Waals surface area contributed by atoms with Gasteiger partial charge in [0, 0.05) is 22.6 Å². The van der Waals surface area contributed by atoms with Crippen LogP contribution in [0.15, 0.2) is 17.5 Å². The third-order valence-electron chi connectivity index (χ3n) is 4.54. The summed E-state index contributed by atoms with van der Waals surface area (Å²) >= 11 is 1.67. The Morgan fingerprint density at radius 2 is 2.12 bits per heavy atom. The second kappa shape index (κ2) is 7.90. The van der Waals surface area contributed by atoms with Crippen LogP contribution in [0.25, 0.3) is 21.8 Å². The zero-order chi connectivity index (χ0) is 17.8. The lowest BCUT2D eigenvalue weighted by Gasteiger charge is -2.18. The Morgan fingerprint density at radius 1 is 1.19 bits per heavy atom. The van der Waals surface area contributed by atoms with Gasteiger partial charge in [-0.25, -0.2) is 4.98 Å². The molecule has 0 saturated heterocycles. The Kier molecular flexibility index (Phi) is 5.19. The summed E-state index contributed by atoms with van der Waals surface area (Å²) in [6, 6.07) is 4.13. The van der Waals surface area contributed by atoms with Crippen molar-refractivity contribution in [3.05, 3.63) is 28.8 Å². The van der Waals surface area contributed by atoms with Crippen LogP contribution in [0.5, 0.6) is 5.88 Å². The molecule has 4 rings (SSSR count). The van der Waals surface area contributed by atoms with Crippen LogP contribution in [0, 0.1) is 0 Å². The van der Waals surface area contributed by atoms with Crippen LogP contribution >= 0.6 is 11.3 Å². The molecular weight excluding hydrogens is 353 g/mol. The summed E-state index contributed by atoms with van der Waals surface area (Å²) in [5.74, 6) is 0.937. The van der Waals surface area contributed by atoms with Gasteiger partial charge in [0.2, 0.25) is 11.7 Å². The van der Waals surface area contributed by atoms with Gasteiger partial charge in [-0.1, -0.05) is 12.5 Å². The fourth-order valence-corrected chi connectivity index (χ4v) is 4.19. The van der Waals surface area contributed by atoms with Crippen molar-refractivity contribution in [3.63, 3.8) is 0 Å². The van der Waals surface area contributed by atoms with Crippen molar-refractivity contribution < 1.29 is 9.13 Å². The monoisotopic (exact) mass is 373 g/mol. The molecule has 0 spiro atoms. The number of thiophene rings is 1. The highest BCUT2D eigenvalue weighted by molar-refractivity contribution is 7.13. The lowest BCUT2D eigenvalue weighted by Crippen LogP contribution is -2.08. The molecule has 8 heteroatoms. The number of aromatic nitrogens is 5. The minimum Gasteiger partial charge on any atom is -0.477 e. The highest BCUT2D eigenvalue weighted by atomic mass is 32.1. The van der Waals surface area contributed by atoms with E-state index in [4.69, 9.17) is 9.72 Å². The van der Waals surface area contributed by atoms with Crippen molar-refractivity contribution in [3.8, 4) is 27.7 Å². The number of fused-ring (bicyclic) bond motifs is 1. The van der Waals surface area contributed by atoms with Crippen molar-refractivity contribution in [2.45, 2.75) is 38.5 Å². The second-order valence-corrected chi connectivity index (χ2v) is 7.20. The third kappa shape index (κ3) is 3.33.